The molecular formula is C16H21N3O. The van der Waals surface area contributed by atoms with Gasteiger partial charge in [-0.15, -0.1) is 0 Å². The van der Waals surface area contributed by atoms with Crippen molar-refractivity contribution in [2.75, 3.05) is 12.4 Å². The highest BCUT2D eigenvalue weighted by Gasteiger charge is 2.14. The lowest BCUT2D eigenvalue weighted by Crippen LogP contribution is -2.28. The Morgan fingerprint density at radius 1 is 1.20 bits per heavy atom. The van der Waals surface area contributed by atoms with Gasteiger partial charge < -0.3 is 15.8 Å². The molecule has 0 unspecified atom stereocenters. The van der Waals surface area contributed by atoms with Crippen molar-refractivity contribution < 1.29 is 4.74 Å². The van der Waals surface area contributed by atoms with Gasteiger partial charge in [-0.25, -0.2) is 0 Å². The molecule has 1 aromatic carbocycles. The molecule has 3 N–H and O–H groups in total. The number of nitrogens with one attached hydrogen (secondary N) is 1. The van der Waals surface area contributed by atoms with Crippen LogP contribution in [0.4, 0.5) is 11.5 Å². The molecule has 2 rings (SSSR count). The van der Waals surface area contributed by atoms with Crippen molar-refractivity contribution >= 4 is 11.5 Å². The number of hydrogen-bond acceptors (Lipinski definition) is 4. The smallest absolute Gasteiger partial charge is 0.214 e. The number of aryl methyl sites for hydroxylation is 1. The zero-order valence-corrected chi connectivity index (χ0v) is 12.4. The highest BCUT2D eigenvalue weighted by molar-refractivity contribution is 5.60. The molecule has 0 fully saturated rings. The first-order valence-electron chi connectivity index (χ1n) is 6.58. The molecule has 0 aliphatic carbocycles. The van der Waals surface area contributed by atoms with Gasteiger partial charge in [0.15, 0.2) is 0 Å². The minimum Gasteiger partial charge on any atom is -0.481 e. The van der Waals surface area contributed by atoms with Crippen molar-refractivity contribution in [2.45, 2.75) is 26.3 Å². The summed E-state index contributed by atoms with van der Waals surface area (Å²) in [6, 6.07) is 11.9. The van der Waals surface area contributed by atoms with Gasteiger partial charge in [0.1, 0.15) is 5.82 Å². The summed E-state index contributed by atoms with van der Waals surface area (Å²) < 4.78 is 5.15. The molecule has 0 amide bonds. The Bertz CT molecular complexity index is 603. The van der Waals surface area contributed by atoms with Crippen LogP contribution in [-0.4, -0.2) is 12.1 Å². The van der Waals surface area contributed by atoms with Crippen LogP contribution in [0.1, 0.15) is 25.0 Å². The van der Waals surface area contributed by atoms with E-state index < -0.39 is 0 Å². The number of nitrogens with two attached hydrogens (primary N) is 1. The number of rotatable bonds is 4. The van der Waals surface area contributed by atoms with Crippen LogP contribution in [-0.2, 0) is 5.54 Å². The summed E-state index contributed by atoms with van der Waals surface area (Å²) in [6.07, 6.45) is 0. The number of aromatic nitrogens is 1. The molecule has 0 aliphatic rings. The van der Waals surface area contributed by atoms with Crippen LogP contribution in [0.5, 0.6) is 5.88 Å². The van der Waals surface area contributed by atoms with E-state index in [0.29, 0.717) is 5.88 Å². The van der Waals surface area contributed by atoms with Gasteiger partial charge in [-0.3, -0.25) is 0 Å². The fourth-order valence-corrected chi connectivity index (χ4v) is 1.89. The molecule has 4 heteroatoms. The first-order chi connectivity index (χ1) is 9.40. The molecule has 0 saturated heterocycles. The van der Waals surface area contributed by atoms with Crippen LogP contribution in [0.3, 0.4) is 0 Å². The number of methoxy groups -OCH3 is 1. The summed E-state index contributed by atoms with van der Waals surface area (Å²) in [4.78, 5) is 4.41. The Morgan fingerprint density at radius 3 is 2.60 bits per heavy atom. The molecular weight excluding hydrogens is 250 g/mol. The van der Waals surface area contributed by atoms with Crippen LogP contribution < -0.4 is 15.8 Å². The Balaban J connectivity index is 2.30. The van der Waals surface area contributed by atoms with Crippen LogP contribution in [0, 0.1) is 6.92 Å². The lowest BCUT2D eigenvalue weighted by molar-refractivity contribution is 0.398. The maximum atomic E-state index is 6.13. The van der Waals surface area contributed by atoms with Crippen LogP contribution in [0.25, 0.3) is 0 Å². The summed E-state index contributed by atoms with van der Waals surface area (Å²) in [5, 5.41) is 3.31. The molecule has 0 spiro atoms. The molecule has 4 nitrogen and oxygen atoms in total. The topological polar surface area (TPSA) is 60.2 Å². The van der Waals surface area contributed by atoms with E-state index >= 15 is 0 Å². The first-order valence-corrected chi connectivity index (χ1v) is 6.58. The van der Waals surface area contributed by atoms with Crippen molar-refractivity contribution in [1.29, 1.82) is 0 Å². The molecule has 0 atom stereocenters. The molecule has 20 heavy (non-hydrogen) atoms. The fraction of sp³-hybridized carbons (Fsp3) is 0.312. The average Bonchev–Trinajstić information content (AvgIpc) is 2.41. The van der Waals surface area contributed by atoms with Gasteiger partial charge in [0.05, 0.1) is 7.11 Å². The number of hydrogen-bond donors (Lipinski definition) is 2. The molecule has 0 saturated carbocycles. The quantitative estimate of drug-likeness (QED) is 0.895. The van der Waals surface area contributed by atoms with Gasteiger partial charge in [-0.05, 0) is 44.0 Å². The number of nitrogens with zero attached hydrogens (tertiary/aromatic N) is 1. The average molecular weight is 271 g/mol. The second kappa shape index (κ2) is 5.51. The first kappa shape index (κ1) is 14.3. The summed E-state index contributed by atoms with van der Waals surface area (Å²) in [6.45, 7) is 5.98. The van der Waals surface area contributed by atoms with E-state index in [1.54, 1.807) is 7.11 Å². The number of benzene rings is 1. The molecule has 2 aromatic rings. The van der Waals surface area contributed by atoms with Gasteiger partial charge in [-0.2, -0.15) is 4.98 Å². The summed E-state index contributed by atoms with van der Waals surface area (Å²) in [5.74, 6) is 1.38. The number of anilines is 2. The molecule has 106 valence electrons. The Hall–Kier alpha value is -2.07. The highest BCUT2D eigenvalue weighted by Crippen LogP contribution is 2.25. The molecule has 0 radical (unpaired) electrons. The van der Waals surface area contributed by atoms with Crippen molar-refractivity contribution in [1.82, 2.24) is 4.98 Å². The SMILES string of the molecule is COc1ccc(C)c(Nc2cccc(C(C)(C)N)c2)n1. The largest absolute Gasteiger partial charge is 0.481 e. The maximum Gasteiger partial charge on any atom is 0.214 e. The Morgan fingerprint density at radius 2 is 1.95 bits per heavy atom. The summed E-state index contributed by atoms with van der Waals surface area (Å²) >= 11 is 0. The van der Waals surface area contributed by atoms with E-state index in [-0.39, 0.29) is 5.54 Å². The van der Waals surface area contributed by atoms with Gasteiger partial charge in [0, 0.05) is 17.3 Å². The normalized spacial score (nSPS) is 11.2. The molecule has 1 aromatic heterocycles. The van der Waals surface area contributed by atoms with Gasteiger partial charge >= 0.3 is 0 Å². The van der Waals surface area contributed by atoms with E-state index in [0.717, 1.165) is 22.6 Å². The zero-order valence-electron chi connectivity index (χ0n) is 12.4. The number of pyridine rings is 1. The third-order valence-corrected chi connectivity index (χ3v) is 3.15. The van der Waals surface area contributed by atoms with Crippen molar-refractivity contribution in [2.24, 2.45) is 5.73 Å². The van der Waals surface area contributed by atoms with E-state index in [2.05, 4.69) is 10.3 Å². The minimum absolute atomic E-state index is 0.367. The fourth-order valence-electron chi connectivity index (χ4n) is 1.89. The predicted octanol–water partition coefficient (Wildman–Crippen LogP) is 3.34. The molecule has 0 aliphatic heterocycles. The van der Waals surface area contributed by atoms with Gasteiger partial charge in [0.25, 0.3) is 0 Å². The minimum atomic E-state index is -0.367. The monoisotopic (exact) mass is 271 g/mol. The second-order valence-electron chi connectivity index (χ2n) is 5.45. The lowest BCUT2D eigenvalue weighted by Gasteiger charge is -2.20. The van der Waals surface area contributed by atoms with Crippen LogP contribution in [0.2, 0.25) is 0 Å². The summed E-state index contributed by atoms with van der Waals surface area (Å²) in [7, 11) is 1.61. The summed E-state index contributed by atoms with van der Waals surface area (Å²) in [5.41, 5.74) is 8.86. The maximum absolute atomic E-state index is 6.13. The molecule has 1 heterocycles. The highest BCUT2D eigenvalue weighted by atomic mass is 16.5. The third kappa shape index (κ3) is 3.27. The van der Waals surface area contributed by atoms with Gasteiger partial charge in [0.2, 0.25) is 5.88 Å². The Labute approximate surface area is 120 Å². The van der Waals surface area contributed by atoms with Crippen molar-refractivity contribution in [3.8, 4) is 5.88 Å². The second-order valence-corrected chi connectivity index (χ2v) is 5.45. The zero-order chi connectivity index (χ0) is 14.8. The van der Waals surface area contributed by atoms with Crippen LogP contribution >= 0.6 is 0 Å². The predicted molar refractivity (Wildman–Crippen MR) is 82.5 cm³/mol. The number of ether oxygens (including phenoxy) is 1. The van der Waals surface area contributed by atoms with Crippen molar-refractivity contribution in [3.63, 3.8) is 0 Å². The van der Waals surface area contributed by atoms with E-state index in [1.807, 2.05) is 57.2 Å². The van der Waals surface area contributed by atoms with Crippen molar-refractivity contribution in [3.05, 3.63) is 47.5 Å². The third-order valence-electron chi connectivity index (χ3n) is 3.15. The van der Waals surface area contributed by atoms with E-state index in [4.69, 9.17) is 10.5 Å². The molecule has 0 bridgehead atoms. The lowest BCUT2D eigenvalue weighted by atomic mass is 9.95. The Kier molecular flexibility index (Phi) is 3.95. The van der Waals surface area contributed by atoms with Crippen LogP contribution in [0.15, 0.2) is 36.4 Å². The standard InChI is InChI=1S/C16H21N3O/c1-11-8-9-14(20-4)19-15(11)18-13-7-5-6-12(10-13)16(2,3)17/h5-10H,17H2,1-4H3,(H,18,19). The van der Waals surface area contributed by atoms with Gasteiger partial charge in [-0.1, -0.05) is 18.2 Å². The van der Waals surface area contributed by atoms with E-state index in [9.17, 15) is 0 Å². The van der Waals surface area contributed by atoms with E-state index in [1.165, 1.54) is 0 Å².